The highest BCUT2D eigenvalue weighted by atomic mass is 31.2. The molecule has 0 atom stereocenters. The third kappa shape index (κ3) is 3.16. The Hall–Kier alpha value is -5.30. The Bertz CT molecular complexity index is 2680. The van der Waals surface area contributed by atoms with Gasteiger partial charge in [0.2, 0.25) is 0 Å². The van der Waals surface area contributed by atoms with Gasteiger partial charge in [0.05, 0.1) is 0 Å². The van der Waals surface area contributed by atoms with Gasteiger partial charge in [0, 0.05) is 21.5 Å². The predicted octanol–water partition coefficient (Wildman–Crippen LogP) is 10.1. The van der Waals surface area contributed by atoms with Gasteiger partial charge in [-0.25, -0.2) is 0 Å². The van der Waals surface area contributed by atoms with Gasteiger partial charge < -0.3 is 8.83 Å². The molecule has 0 saturated carbocycles. The number of furan rings is 2. The molecule has 10 aromatic rings. The first kappa shape index (κ1) is 24.2. The van der Waals surface area contributed by atoms with E-state index in [1.165, 1.54) is 48.2 Å². The summed E-state index contributed by atoms with van der Waals surface area (Å²) in [4.78, 5) is 0. The number of hydrogen-bond acceptors (Lipinski definition) is 2. The molecule has 0 aliphatic rings. The summed E-state index contributed by atoms with van der Waals surface area (Å²) < 4.78 is 12.5. The number of hydrogen-bond donors (Lipinski definition) is 0. The first-order valence-electron chi connectivity index (χ1n) is 14.9. The third-order valence-corrected chi connectivity index (χ3v) is 13.1. The van der Waals surface area contributed by atoms with Crippen molar-refractivity contribution in [1.82, 2.24) is 0 Å². The van der Waals surface area contributed by atoms with E-state index in [0.717, 1.165) is 43.9 Å². The molecule has 2 heterocycles. The number of benzene rings is 8. The maximum absolute atomic E-state index is 6.25. The molecule has 0 spiro atoms. The van der Waals surface area contributed by atoms with Gasteiger partial charge in [0.15, 0.2) is 0 Å². The molecule has 0 aliphatic heterocycles. The van der Waals surface area contributed by atoms with Gasteiger partial charge in [-0.1, -0.05) is 109 Å². The zero-order chi connectivity index (χ0) is 29.0. The Balaban J connectivity index is 1.34. The van der Waals surface area contributed by atoms with E-state index in [2.05, 4.69) is 115 Å². The van der Waals surface area contributed by atoms with Crippen molar-refractivity contribution in [3.05, 3.63) is 140 Å². The van der Waals surface area contributed by atoms with Crippen molar-refractivity contribution >= 4 is 105 Å². The second-order valence-corrected chi connectivity index (χ2v) is 14.9. The molecule has 206 valence electrons. The lowest BCUT2D eigenvalue weighted by atomic mass is 9.94. The van der Waals surface area contributed by atoms with Gasteiger partial charge >= 0.3 is 0 Å². The molecule has 0 unspecified atom stereocenters. The van der Waals surface area contributed by atoms with Crippen molar-refractivity contribution in [2.24, 2.45) is 0 Å². The van der Waals surface area contributed by atoms with Crippen LogP contribution >= 0.6 is 6.89 Å². The summed E-state index contributed by atoms with van der Waals surface area (Å²) in [6.07, 6.45) is 5.25. The zero-order valence-electron chi connectivity index (χ0n) is 23.7. The quantitative estimate of drug-likeness (QED) is 0.154. The van der Waals surface area contributed by atoms with Gasteiger partial charge in [-0.3, -0.25) is 0 Å². The second-order valence-electron chi connectivity index (χ2n) is 11.8. The Kier molecular flexibility index (Phi) is 4.74. The first-order chi connectivity index (χ1) is 21.7. The Morgan fingerprint density at radius 2 is 0.886 bits per heavy atom. The Morgan fingerprint density at radius 1 is 0.386 bits per heavy atom. The van der Waals surface area contributed by atoms with Gasteiger partial charge in [-0.2, -0.15) is 0 Å². The van der Waals surface area contributed by atoms with Crippen molar-refractivity contribution < 1.29 is 8.83 Å². The largest absolute Gasteiger partial charge is 0.456 e. The van der Waals surface area contributed by atoms with Crippen LogP contribution in [0.25, 0.3) is 76.2 Å². The molecule has 0 fully saturated rings. The van der Waals surface area contributed by atoms with Gasteiger partial charge in [-0.15, -0.1) is 0 Å². The minimum Gasteiger partial charge on any atom is -0.456 e. The highest BCUT2D eigenvalue weighted by Crippen LogP contribution is 2.48. The smallest absolute Gasteiger partial charge is 0.135 e. The fourth-order valence-corrected chi connectivity index (χ4v) is 10.5. The molecule has 0 saturated heterocycles. The molecular weight excluding hydrogens is 555 g/mol. The van der Waals surface area contributed by atoms with Crippen LogP contribution in [0.4, 0.5) is 0 Å². The van der Waals surface area contributed by atoms with Gasteiger partial charge in [0.1, 0.15) is 22.3 Å². The van der Waals surface area contributed by atoms with E-state index in [4.69, 9.17) is 15.1 Å². The standard InChI is InChI=1S/C41H25O2P/c1-44(28-17-20-37-33(23-28)30-9-2-4-11-35(30)42-37,29-18-21-38-34(24-29)31-10-3-5-12-36(31)43-38)39-22-16-27-14-13-25-7-6-8-26-15-19-32(39)41(27)40(25)26/h2-24H,1H2. The molecular formula is C41H25O2P. The number of para-hydroxylation sites is 2. The van der Waals surface area contributed by atoms with Crippen LogP contribution in [0.1, 0.15) is 0 Å². The Labute approximate surface area is 253 Å². The summed E-state index contributed by atoms with van der Waals surface area (Å²) >= 11 is 0. The van der Waals surface area contributed by atoms with Crippen molar-refractivity contribution in [2.45, 2.75) is 0 Å². The fourth-order valence-electron chi connectivity index (χ4n) is 7.38. The first-order valence-corrected chi connectivity index (χ1v) is 16.9. The van der Waals surface area contributed by atoms with E-state index in [0.29, 0.717) is 0 Å². The van der Waals surface area contributed by atoms with Crippen LogP contribution in [0.2, 0.25) is 0 Å². The molecule has 0 radical (unpaired) electrons. The summed E-state index contributed by atoms with van der Waals surface area (Å²) in [5.41, 5.74) is 3.60. The molecule has 0 N–H and O–H groups in total. The lowest BCUT2D eigenvalue weighted by Gasteiger charge is -2.29. The van der Waals surface area contributed by atoms with Crippen LogP contribution < -0.4 is 15.9 Å². The normalized spacial score (nSPS) is 12.6. The lowest BCUT2D eigenvalue weighted by Crippen LogP contribution is -2.26. The summed E-state index contributed by atoms with van der Waals surface area (Å²) in [7, 11) is 0. The number of rotatable bonds is 3. The van der Waals surface area contributed by atoms with E-state index in [1.807, 2.05) is 24.3 Å². The molecule has 3 heteroatoms. The van der Waals surface area contributed by atoms with E-state index >= 15 is 0 Å². The van der Waals surface area contributed by atoms with Crippen molar-refractivity contribution in [2.75, 3.05) is 0 Å². The topological polar surface area (TPSA) is 26.3 Å². The van der Waals surface area contributed by atoms with E-state index in [9.17, 15) is 0 Å². The van der Waals surface area contributed by atoms with Crippen molar-refractivity contribution in [1.29, 1.82) is 0 Å². The second kappa shape index (κ2) is 8.63. The van der Waals surface area contributed by atoms with E-state index in [-0.39, 0.29) is 0 Å². The highest BCUT2D eigenvalue weighted by Gasteiger charge is 2.27. The minimum absolute atomic E-state index is 0.896. The maximum Gasteiger partial charge on any atom is 0.135 e. The fraction of sp³-hybridized carbons (Fsp3) is 0. The van der Waals surface area contributed by atoms with Crippen LogP contribution in [-0.2, 0) is 0 Å². The summed E-state index contributed by atoms with van der Waals surface area (Å²) in [6.45, 7) is -2.43. The molecule has 8 aromatic carbocycles. The van der Waals surface area contributed by atoms with Crippen LogP contribution in [-0.4, -0.2) is 6.30 Å². The Morgan fingerprint density at radius 3 is 1.50 bits per heavy atom. The lowest BCUT2D eigenvalue weighted by molar-refractivity contribution is 0.668. The molecule has 0 amide bonds. The summed E-state index contributed by atoms with van der Waals surface area (Å²) in [5.74, 6) is 0. The maximum atomic E-state index is 6.25. The summed E-state index contributed by atoms with van der Waals surface area (Å²) in [6, 6.07) is 50.3. The SMILES string of the molecule is C=P(c1ccc2oc3ccccc3c2c1)(c1ccc2oc3ccccc3c2c1)c1ccc2ccc3cccc4ccc1c2c34. The van der Waals surface area contributed by atoms with E-state index < -0.39 is 6.89 Å². The summed E-state index contributed by atoms with van der Waals surface area (Å²) in [5, 5.41) is 15.9. The van der Waals surface area contributed by atoms with Crippen LogP contribution in [0.5, 0.6) is 0 Å². The zero-order valence-corrected chi connectivity index (χ0v) is 24.6. The molecule has 2 aromatic heterocycles. The van der Waals surface area contributed by atoms with Crippen molar-refractivity contribution in [3.8, 4) is 0 Å². The van der Waals surface area contributed by atoms with Crippen LogP contribution in [0, 0.1) is 0 Å². The van der Waals surface area contributed by atoms with Gasteiger partial charge in [-0.05, 0) is 91.5 Å². The molecule has 0 bridgehead atoms. The van der Waals surface area contributed by atoms with Crippen molar-refractivity contribution in [3.63, 3.8) is 0 Å². The monoisotopic (exact) mass is 580 g/mol. The molecule has 2 nitrogen and oxygen atoms in total. The minimum atomic E-state index is -2.43. The predicted molar refractivity (Wildman–Crippen MR) is 191 cm³/mol. The molecule has 44 heavy (non-hydrogen) atoms. The average molecular weight is 581 g/mol. The molecule has 0 aliphatic carbocycles. The van der Waals surface area contributed by atoms with Crippen LogP contribution in [0.15, 0.2) is 148 Å². The number of fused-ring (bicyclic) bond motifs is 6. The highest BCUT2D eigenvalue weighted by molar-refractivity contribution is 7.93. The van der Waals surface area contributed by atoms with E-state index in [1.54, 1.807) is 0 Å². The molecule has 10 rings (SSSR count). The van der Waals surface area contributed by atoms with Gasteiger partial charge in [0.25, 0.3) is 0 Å². The van der Waals surface area contributed by atoms with Crippen LogP contribution in [0.3, 0.4) is 0 Å². The third-order valence-electron chi connectivity index (χ3n) is 9.52. The average Bonchev–Trinajstić information content (AvgIpc) is 3.64.